The fourth-order valence-electron chi connectivity index (χ4n) is 13.5. The molecule has 30 heteroatoms. The predicted octanol–water partition coefficient (Wildman–Crippen LogP) is 19.0. The first-order valence-electron chi connectivity index (χ1n) is 41.8. The summed E-state index contributed by atoms with van der Waals surface area (Å²) < 4.78 is 86.9. The Labute approximate surface area is 745 Å². The van der Waals surface area contributed by atoms with E-state index in [4.69, 9.17) is 104 Å². The number of rotatable bonds is 25. The molecule has 28 nitrogen and oxygen atoms in total. The Kier molecular flexibility index (Phi) is 36.9. The number of phenolic OH excluding ortho intramolecular Hbond substituents is 1. The molecule has 0 atom stereocenters. The molecule has 0 spiro atoms. The van der Waals surface area contributed by atoms with E-state index in [1.807, 2.05) is 132 Å². The van der Waals surface area contributed by atoms with Crippen LogP contribution in [0.5, 0.6) is 46.0 Å². The van der Waals surface area contributed by atoms with Crippen molar-refractivity contribution < 1.29 is 95.2 Å². The SMILES string of the molecule is [C-]#[N+]c1cc(Br)cc(OC2CCN(C(=O)OC(C)(C)C)CC2)c1.[C-]#[N+]c1cc(OC2CCN(C(=O)C=C)CC2)cc(-c2cc(OCCOCCOCCOCC#C)ccc2OC)c1.[C-]#[N+]c1cc(OC2CCN(C(=O)OC(C)(C)C)CC2)cc(-c2cc(O)ccc2OC)c1.[C-]#[N+]c1cc(OC2CCN(C(=O)OC(C)(C)C)CC2)cc(B2OC(C)(C)C(C)(C)O2)c1. The maximum atomic E-state index is 12.3. The lowest BCUT2D eigenvalue weighted by Crippen LogP contribution is -2.44. The number of likely N-dealkylation sites (tertiary alicyclic amines) is 4. The molecule has 0 bridgehead atoms. The minimum absolute atomic E-state index is 0.0363. The molecule has 4 amide bonds. The van der Waals surface area contributed by atoms with Gasteiger partial charge in [0.15, 0.2) is 22.7 Å². The first-order valence-corrected chi connectivity index (χ1v) is 42.6. The maximum Gasteiger partial charge on any atom is 0.493 e. The van der Waals surface area contributed by atoms with Crippen molar-refractivity contribution in [2.45, 2.75) is 194 Å². The number of terminal acetylenes is 1. The van der Waals surface area contributed by atoms with Crippen LogP contribution in [0.1, 0.15) is 141 Å². The summed E-state index contributed by atoms with van der Waals surface area (Å²) in [5.41, 5.74) is 3.24. The van der Waals surface area contributed by atoms with Gasteiger partial charge >= 0.3 is 25.4 Å². The molecule has 11 rings (SSSR count). The van der Waals surface area contributed by atoms with Crippen LogP contribution in [0.25, 0.3) is 41.6 Å². The smallest absolute Gasteiger partial charge is 0.493 e. The van der Waals surface area contributed by atoms with Gasteiger partial charge in [-0.25, -0.2) is 33.8 Å². The summed E-state index contributed by atoms with van der Waals surface area (Å²) in [5, 5.41) is 9.90. The van der Waals surface area contributed by atoms with Gasteiger partial charge < -0.3 is 95.6 Å². The van der Waals surface area contributed by atoms with Gasteiger partial charge in [0.1, 0.15) is 100 Å². The van der Waals surface area contributed by atoms with Crippen LogP contribution in [0.2, 0.25) is 0 Å². The highest BCUT2D eigenvalue weighted by molar-refractivity contribution is 9.10. The van der Waals surface area contributed by atoms with Crippen molar-refractivity contribution in [3.05, 3.63) is 172 Å². The van der Waals surface area contributed by atoms with Crippen LogP contribution in [0, 0.1) is 38.6 Å². The van der Waals surface area contributed by atoms with Crippen LogP contribution in [-0.4, -0.2) is 221 Å². The number of phenols is 1. The number of nitrogens with zero attached hydrogens (tertiary/aromatic N) is 8. The summed E-state index contributed by atoms with van der Waals surface area (Å²) >= 11 is 3.38. The number of hydrogen-bond acceptors (Lipinski definition) is 20. The Balaban J connectivity index is 0.000000210. The predicted molar refractivity (Wildman–Crippen MR) is 481 cm³/mol. The summed E-state index contributed by atoms with van der Waals surface area (Å²) in [5.74, 6) is 6.81. The molecule has 6 aromatic carbocycles. The standard InChI is InChI=1S/C31H36N2O7.C24H28N2O5.C23H33BN2O5.C17H21BrN2O3/c1-5-13-36-14-15-37-16-17-38-18-19-39-27-7-8-30(35-4)29(23-27)24-20-25(32-3)22-28(21-24)40-26-9-11-33(12-10-26)31(34)6-2;1-24(2,3)31-23(28)26-10-8-19(9-11-26)30-20-13-16(12-17(14-20)25-4)21-15-18(27)6-7-22(21)29-5;1-21(2,3)29-20(27)26-11-9-18(10-12-26)28-19-14-16(13-17(15-19)25-8)24-30-22(4,5)23(6,7)31-24;1-17(2,3)23-16(21)20-7-5-14(6-8-20)22-15-10-12(18)9-13(11-15)19-4/h1,6-8,20-23,26H,2,9-19H2,4H3;6-7,12-15,19,27H,8-11H2,1-3,5H3;13-15,18H,9-12H2,1-7H3;9-11,14H,5-8H2,1-3H3. The van der Waals surface area contributed by atoms with Crippen molar-refractivity contribution in [3.8, 4) is 80.6 Å². The molecule has 5 aliphatic heterocycles. The van der Waals surface area contributed by atoms with Crippen molar-refractivity contribution >= 4 is 75.4 Å². The summed E-state index contributed by atoms with van der Waals surface area (Å²) in [6.07, 6.45) is 11.1. The monoisotopic (exact) mass is 1780 g/mol. The van der Waals surface area contributed by atoms with Gasteiger partial charge in [-0.1, -0.05) is 34.5 Å². The highest BCUT2D eigenvalue weighted by atomic mass is 79.9. The molecule has 5 saturated heterocycles. The Morgan fingerprint density at radius 1 is 0.488 bits per heavy atom. The highest BCUT2D eigenvalue weighted by Crippen LogP contribution is 2.42. The van der Waals surface area contributed by atoms with E-state index in [0.717, 1.165) is 39.5 Å². The Morgan fingerprint density at radius 3 is 1.22 bits per heavy atom. The molecule has 6 aromatic rings. The summed E-state index contributed by atoms with van der Waals surface area (Å²) in [7, 11) is 2.61. The largest absolute Gasteiger partial charge is 0.508 e. The zero-order valence-electron chi connectivity index (χ0n) is 74.6. The second-order valence-corrected chi connectivity index (χ2v) is 35.1. The topological polar surface area (TPSA) is 257 Å². The Morgan fingerprint density at radius 2 is 0.840 bits per heavy atom. The van der Waals surface area contributed by atoms with E-state index in [0.29, 0.717) is 199 Å². The third-order valence-electron chi connectivity index (χ3n) is 20.4. The quantitative estimate of drug-likeness (QED) is 0.0139. The average Bonchev–Trinajstić information content (AvgIpc) is 1.63. The number of carbonyl (C=O) groups is 4. The van der Waals surface area contributed by atoms with Crippen LogP contribution in [-0.2, 0) is 42.5 Å². The van der Waals surface area contributed by atoms with Crippen LogP contribution in [0.4, 0.5) is 37.1 Å². The highest BCUT2D eigenvalue weighted by Gasteiger charge is 2.52. The van der Waals surface area contributed by atoms with E-state index in [9.17, 15) is 24.3 Å². The molecular formula is C95H118BBrN8O20. The molecule has 0 aromatic heterocycles. The van der Waals surface area contributed by atoms with Gasteiger partial charge in [-0.15, -0.1) is 6.42 Å². The van der Waals surface area contributed by atoms with Gasteiger partial charge in [0.25, 0.3) is 0 Å². The van der Waals surface area contributed by atoms with Crippen molar-refractivity contribution in [3.63, 3.8) is 0 Å². The third kappa shape index (κ3) is 32.0. The second-order valence-electron chi connectivity index (χ2n) is 34.1. The van der Waals surface area contributed by atoms with Gasteiger partial charge in [-0.2, -0.15) is 0 Å². The van der Waals surface area contributed by atoms with Gasteiger partial charge in [-0.3, -0.25) is 4.79 Å². The lowest BCUT2D eigenvalue weighted by atomic mass is 9.79. The lowest BCUT2D eigenvalue weighted by molar-refractivity contribution is -0.127. The van der Waals surface area contributed by atoms with E-state index >= 15 is 0 Å². The number of hydrogen-bond donors (Lipinski definition) is 1. The number of methoxy groups -OCH3 is 2. The molecule has 0 radical (unpaired) electrons. The van der Waals surface area contributed by atoms with Gasteiger partial charge in [-0.05, 0) is 216 Å². The van der Waals surface area contributed by atoms with Crippen molar-refractivity contribution in [1.29, 1.82) is 0 Å². The minimum atomic E-state index is -0.553. The minimum Gasteiger partial charge on any atom is -0.508 e. The number of ether oxygens (including phenoxy) is 13. The van der Waals surface area contributed by atoms with E-state index in [1.165, 1.54) is 6.08 Å². The molecular weight excluding hydrogens is 1660 g/mol. The lowest BCUT2D eigenvalue weighted by Gasteiger charge is -2.33. The number of carbonyl (C=O) groups excluding carboxylic acids is 4. The molecule has 0 saturated carbocycles. The van der Waals surface area contributed by atoms with E-state index in [-0.39, 0.29) is 61.0 Å². The second kappa shape index (κ2) is 46.5. The fraction of sp³-hybridized carbons (Fsp3) is 0.495. The zero-order chi connectivity index (χ0) is 91.2. The van der Waals surface area contributed by atoms with Crippen molar-refractivity contribution in [1.82, 2.24) is 19.6 Å². The summed E-state index contributed by atoms with van der Waals surface area (Å²) in [6, 6.07) is 31.8. The zero-order valence-corrected chi connectivity index (χ0v) is 76.1. The molecule has 5 heterocycles. The van der Waals surface area contributed by atoms with Crippen LogP contribution < -0.4 is 38.6 Å². The molecule has 0 unspecified atom stereocenters. The first-order chi connectivity index (χ1) is 59.3. The van der Waals surface area contributed by atoms with Gasteiger partial charge in [0.2, 0.25) is 5.91 Å². The van der Waals surface area contributed by atoms with Gasteiger partial charge in [0, 0.05) is 119 Å². The van der Waals surface area contributed by atoms with E-state index in [1.54, 1.807) is 101 Å². The number of benzene rings is 6. The van der Waals surface area contributed by atoms with Crippen LogP contribution in [0.3, 0.4) is 0 Å². The summed E-state index contributed by atoms with van der Waals surface area (Å²) in [4.78, 5) is 69.5. The third-order valence-corrected chi connectivity index (χ3v) is 20.9. The van der Waals surface area contributed by atoms with Crippen LogP contribution in [0.15, 0.2) is 126 Å². The Hall–Kier alpha value is -11.4. The first kappa shape index (κ1) is 99.0. The molecule has 1 N–H and O–H groups in total. The fourth-order valence-corrected chi connectivity index (χ4v) is 14.0. The van der Waals surface area contributed by atoms with E-state index in [2.05, 4.69) is 47.8 Å². The van der Waals surface area contributed by atoms with Crippen molar-refractivity contribution in [2.75, 3.05) is 113 Å². The molecule has 125 heavy (non-hydrogen) atoms. The molecule has 5 aliphatic rings. The summed E-state index contributed by atoms with van der Waals surface area (Å²) in [6.45, 7) is 65.4. The Bertz CT molecular complexity index is 4830. The molecule has 0 aliphatic carbocycles. The molecule has 668 valence electrons. The van der Waals surface area contributed by atoms with E-state index < -0.39 is 35.1 Å². The molecule has 5 fully saturated rings. The number of amides is 4. The number of piperidine rings is 4. The van der Waals surface area contributed by atoms with Crippen LogP contribution >= 0.6 is 15.9 Å². The number of aromatic hydroxyl groups is 1. The average molecular weight is 1780 g/mol. The normalized spacial score (nSPS) is 16.0. The van der Waals surface area contributed by atoms with Crippen molar-refractivity contribution in [2.24, 2.45) is 0 Å². The van der Waals surface area contributed by atoms with Gasteiger partial charge in [0.05, 0.1) is 84.7 Å². The maximum absolute atomic E-state index is 12.3. The number of halogens is 1.